The van der Waals surface area contributed by atoms with Crippen LogP contribution >= 0.6 is 0 Å². The normalized spacial score (nSPS) is 16.5. The number of aromatic nitrogens is 2. The number of ether oxygens (including phenoxy) is 3. The minimum absolute atomic E-state index is 0.0274. The molecular formula is C30H35N3O6. The second-order valence-corrected chi connectivity index (χ2v) is 9.22. The molecule has 0 aliphatic carbocycles. The Kier molecular flexibility index (Phi) is 9.25. The van der Waals surface area contributed by atoms with Gasteiger partial charge in [0.1, 0.15) is 11.5 Å². The maximum Gasteiger partial charge on any atom is 0.295 e. The van der Waals surface area contributed by atoms with Crippen LogP contribution in [0, 0.1) is 0 Å². The Morgan fingerprint density at radius 2 is 1.87 bits per heavy atom. The van der Waals surface area contributed by atoms with Crippen molar-refractivity contribution in [3.05, 3.63) is 77.9 Å². The summed E-state index contributed by atoms with van der Waals surface area (Å²) in [5, 5.41) is 11.5. The summed E-state index contributed by atoms with van der Waals surface area (Å²) < 4.78 is 18.9. The third-order valence-corrected chi connectivity index (χ3v) is 6.59. The van der Waals surface area contributed by atoms with E-state index in [2.05, 4.69) is 11.9 Å². The van der Waals surface area contributed by atoms with Crippen molar-refractivity contribution in [3.8, 4) is 17.2 Å². The molecule has 1 fully saturated rings. The molecule has 1 unspecified atom stereocenters. The van der Waals surface area contributed by atoms with E-state index in [1.165, 1.54) is 12.0 Å². The first-order chi connectivity index (χ1) is 19.0. The molecule has 0 spiro atoms. The Morgan fingerprint density at radius 1 is 1.03 bits per heavy atom. The second-order valence-electron chi connectivity index (χ2n) is 9.22. The average molecular weight is 534 g/mol. The predicted octanol–water partition coefficient (Wildman–Crippen LogP) is 4.98. The number of hydrogen-bond donors (Lipinski definition) is 1. The number of aliphatic hydroxyl groups is 1. The lowest BCUT2D eigenvalue weighted by molar-refractivity contribution is -0.139. The van der Waals surface area contributed by atoms with Gasteiger partial charge in [0.25, 0.3) is 11.7 Å². The van der Waals surface area contributed by atoms with Crippen molar-refractivity contribution in [3.63, 3.8) is 0 Å². The van der Waals surface area contributed by atoms with Gasteiger partial charge in [-0.3, -0.25) is 9.59 Å². The lowest BCUT2D eigenvalue weighted by atomic mass is 9.95. The SMILES string of the molecule is CCCCOc1cccc(C(O)=C2C(=O)C(=O)N(CCCn3ccnc3)C2c2ccc(OCC)c(OC)c2)c1. The van der Waals surface area contributed by atoms with Crippen LogP contribution in [0.4, 0.5) is 0 Å². The molecule has 1 saturated heterocycles. The summed E-state index contributed by atoms with van der Waals surface area (Å²) in [7, 11) is 1.54. The van der Waals surface area contributed by atoms with Crippen molar-refractivity contribution in [2.45, 2.75) is 45.7 Å². The van der Waals surface area contributed by atoms with E-state index < -0.39 is 17.7 Å². The van der Waals surface area contributed by atoms with Gasteiger partial charge < -0.3 is 28.8 Å². The van der Waals surface area contributed by atoms with Crippen molar-refractivity contribution >= 4 is 17.4 Å². The zero-order valence-corrected chi connectivity index (χ0v) is 22.6. The van der Waals surface area contributed by atoms with Crippen molar-refractivity contribution in [2.75, 3.05) is 26.9 Å². The number of Topliss-reactive ketones (excluding diaryl/α,β-unsaturated/α-hetero) is 1. The number of carbonyl (C=O) groups is 2. The van der Waals surface area contributed by atoms with Crippen molar-refractivity contribution < 1.29 is 28.9 Å². The van der Waals surface area contributed by atoms with Gasteiger partial charge in [-0.1, -0.05) is 31.5 Å². The monoisotopic (exact) mass is 533 g/mol. The van der Waals surface area contributed by atoms with Gasteiger partial charge in [0.15, 0.2) is 11.5 Å². The van der Waals surface area contributed by atoms with E-state index in [4.69, 9.17) is 14.2 Å². The van der Waals surface area contributed by atoms with Gasteiger partial charge in [-0.25, -0.2) is 4.98 Å². The fraction of sp³-hybridized carbons (Fsp3) is 0.367. The van der Waals surface area contributed by atoms with Crippen LogP contribution in [-0.2, 0) is 16.1 Å². The molecule has 1 atom stereocenters. The van der Waals surface area contributed by atoms with Gasteiger partial charge in [0.2, 0.25) is 0 Å². The molecule has 9 heteroatoms. The van der Waals surface area contributed by atoms with E-state index >= 15 is 0 Å². The van der Waals surface area contributed by atoms with E-state index in [-0.39, 0.29) is 11.3 Å². The lowest BCUT2D eigenvalue weighted by Gasteiger charge is -2.26. The number of amides is 1. The van der Waals surface area contributed by atoms with Crippen molar-refractivity contribution in [2.24, 2.45) is 0 Å². The van der Waals surface area contributed by atoms with Crippen LogP contribution in [0.5, 0.6) is 17.2 Å². The van der Waals surface area contributed by atoms with Gasteiger partial charge in [0, 0.05) is 31.0 Å². The van der Waals surface area contributed by atoms with Gasteiger partial charge in [0.05, 0.1) is 38.3 Å². The molecule has 39 heavy (non-hydrogen) atoms. The standard InChI is InChI=1S/C30H35N3O6/c1-4-6-17-39-23-10-7-9-22(18-23)28(34)26-27(21-11-12-24(38-5-2)25(19-21)37-3)33(30(36)29(26)35)15-8-14-32-16-13-31-20-32/h7,9-13,16,18-20,27,34H,4-6,8,14-15,17H2,1-3H3. The quantitative estimate of drug-likeness (QED) is 0.143. The number of nitrogens with zero attached hydrogens (tertiary/aromatic N) is 3. The highest BCUT2D eigenvalue weighted by atomic mass is 16.5. The third-order valence-electron chi connectivity index (χ3n) is 6.59. The maximum atomic E-state index is 13.4. The van der Waals surface area contributed by atoms with Crippen molar-refractivity contribution in [1.82, 2.24) is 14.5 Å². The van der Waals surface area contributed by atoms with E-state index in [1.54, 1.807) is 55.0 Å². The third kappa shape index (κ3) is 6.25. The number of aliphatic hydroxyl groups excluding tert-OH is 1. The zero-order valence-electron chi connectivity index (χ0n) is 22.6. The molecule has 4 rings (SSSR count). The van der Waals surface area contributed by atoms with Crippen LogP contribution in [0.1, 0.15) is 50.3 Å². The molecule has 1 N–H and O–H groups in total. The highest BCUT2D eigenvalue weighted by molar-refractivity contribution is 6.46. The van der Waals surface area contributed by atoms with Gasteiger partial charge >= 0.3 is 0 Å². The predicted molar refractivity (Wildman–Crippen MR) is 147 cm³/mol. The number of ketones is 1. The fourth-order valence-corrected chi connectivity index (χ4v) is 4.65. The Morgan fingerprint density at radius 3 is 2.59 bits per heavy atom. The molecule has 9 nitrogen and oxygen atoms in total. The number of carbonyl (C=O) groups excluding carboxylic acids is 2. The maximum absolute atomic E-state index is 13.4. The lowest BCUT2D eigenvalue weighted by Crippen LogP contribution is -2.31. The molecule has 0 radical (unpaired) electrons. The molecular weight excluding hydrogens is 498 g/mol. The molecule has 1 aromatic heterocycles. The zero-order chi connectivity index (χ0) is 27.8. The summed E-state index contributed by atoms with van der Waals surface area (Å²) >= 11 is 0. The van der Waals surface area contributed by atoms with E-state index in [9.17, 15) is 14.7 Å². The Bertz CT molecular complexity index is 1320. The number of imidazole rings is 1. The average Bonchev–Trinajstić information content (AvgIpc) is 3.56. The van der Waals surface area contributed by atoms with E-state index in [0.717, 1.165) is 12.8 Å². The Labute approximate surface area is 228 Å². The van der Waals surface area contributed by atoms with Crippen LogP contribution < -0.4 is 14.2 Å². The molecule has 3 aromatic rings. The first kappa shape index (κ1) is 27.8. The fourth-order valence-electron chi connectivity index (χ4n) is 4.65. The number of hydrogen-bond acceptors (Lipinski definition) is 7. The molecule has 2 heterocycles. The first-order valence-corrected chi connectivity index (χ1v) is 13.3. The molecule has 0 bridgehead atoms. The Hall–Kier alpha value is -4.27. The highest BCUT2D eigenvalue weighted by Crippen LogP contribution is 2.42. The molecule has 2 aromatic carbocycles. The molecule has 1 aliphatic rings. The van der Waals surface area contributed by atoms with E-state index in [1.807, 2.05) is 17.7 Å². The number of unbranched alkanes of at least 4 members (excludes halogenated alkanes) is 1. The highest BCUT2D eigenvalue weighted by Gasteiger charge is 2.46. The van der Waals surface area contributed by atoms with Crippen LogP contribution in [0.15, 0.2) is 66.8 Å². The molecule has 0 saturated carbocycles. The molecule has 1 amide bonds. The van der Waals surface area contributed by atoms with Gasteiger partial charge in [-0.2, -0.15) is 0 Å². The van der Waals surface area contributed by atoms with Crippen LogP contribution in [-0.4, -0.2) is 58.1 Å². The van der Waals surface area contributed by atoms with Crippen LogP contribution in [0.3, 0.4) is 0 Å². The number of aryl methyl sites for hydroxylation is 1. The number of likely N-dealkylation sites (tertiary alicyclic amines) is 1. The molecule has 206 valence electrons. The van der Waals surface area contributed by atoms with E-state index in [0.29, 0.717) is 61.1 Å². The number of methoxy groups -OCH3 is 1. The topological polar surface area (TPSA) is 103 Å². The summed E-state index contributed by atoms with van der Waals surface area (Å²) in [6.07, 6.45) is 7.74. The van der Waals surface area contributed by atoms with Crippen LogP contribution in [0.2, 0.25) is 0 Å². The Balaban J connectivity index is 1.74. The van der Waals surface area contributed by atoms with Gasteiger partial charge in [-0.05, 0) is 49.6 Å². The summed E-state index contributed by atoms with van der Waals surface area (Å²) in [6.45, 7) is 5.89. The smallest absolute Gasteiger partial charge is 0.295 e. The summed E-state index contributed by atoms with van der Waals surface area (Å²) in [5.74, 6) is -0.0197. The summed E-state index contributed by atoms with van der Waals surface area (Å²) in [4.78, 5) is 32.3. The molecule has 1 aliphatic heterocycles. The van der Waals surface area contributed by atoms with Gasteiger partial charge in [-0.15, -0.1) is 0 Å². The number of benzene rings is 2. The number of rotatable bonds is 13. The summed E-state index contributed by atoms with van der Waals surface area (Å²) in [6, 6.07) is 11.4. The van der Waals surface area contributed by atoms with Crippen molar-refractivity contribution in [1.29, 1.82) is 0 Å². The summed E-state index contributed by atoms with van der Waals surface area (Å²) in [5.41, 5.74) is 1.07. The largest absolute Gasteiger partial charge is 0.507 e. The second kappa shape index (κ2) is 13.0. The first-order valence-electron chi connectivity index (χ1n) is 13.3. The minimum atomic E-state index is -0.804. The minimum Gasteiger partial charge on any atom is -0.507 e. The van der Waals surface area contributed by atoms with Crippen LogP contribution in [0.25, 0.3) is 5.76 Å².